The Morgan fingerprint density at radius 3 is 2.89 bits per heavy atom. The van der Waals surface area contributed by atoms with Gasteiger partial charge in [0.2, 0.25) is 0 Å². The summed E-state index contributed by atoms with van der Waals surface area (Å²) < 4.78 is 10.6. The van der Waals surface area contributed by atoms with E-state index in [1.807, 2.05) is 13.0 Å². The summed E-state index contributed by atoms with van der Waals surface area (Å²) >= 11 is 6.13. The lowest BCUT2D eigenvalue weighted by molar-refractivity contribution is -0.141. The SMILES string of the molecule is CCC(Cc1ccc(OCC2CO2)c(Cl)c1)C(=O)O. The molecular weight excluding hydrogens is 268 g/mol. The van der Waals surface area contributed by atoms with Gasteiger partial charge in [-0.2, -0.15) is 0 Å². The Kier molecular flexibility index (Phi) is 4.66. The molecule has 2 rings (SSSR count). The average molecular weight is 285 g/mol. The number of carboxylic acids is 1. The van der Waals surface area contributed by atoms with E-state index in [1.54, 1.807) is 12.1 Å². The number of aliphatic carboxylic acids is 1. The maximum absolute atomic E-state index is 11.0. The van der Waals surface area contributed by atoms with Crippen LogP contribution >= 0.6 is 11.6 Å². The van der Waals surface area contributed by atoms with Gasteiger partial charge in [0.05, 0.1) is 17.5 Å². The highest BCUT2D eigenvalue weighted by molar-refractivity contribution is 6.32. The number of halogens is 1. The molecule has 1 aliphatic heterocycles. The Balaban J connectivity index is 1.98. The summed E-state index contributed by atoms with van der Waals surface area (Å²) in [6, 6.07) is 5.42. The summed E-state index contributed by atoms with van der Waals surface area (Å²) in [6.45, 7) is 3.12. The van der Waals surface area contributed by atoms with E-state index in [1.165, 1.54) is 0 Å². The van der Waals surface area contributed by atoms with Crippen LogP contribution in [0.3, 0.4) is 0 Å². The molecule has 1 N–H and O–H groups in total. The quantitative estimate of drug-likeness (QED) is 0.782. The predicted octanol–water partition coefficient (Wildman–Crippen LogP) is 2.77. The first-order chi connectivity index (χ1) is 9.10. The summed E-state index contributed by atoms with van der Waals surface area (Å²) in [5.74, 6) is -0.531. The average Bonchev–Trinajstić information content (AvgIpc) is 3.18. The molecule has 1 heterocycles. The number of rotatable bonds is 7. The lowest BCUT2D eigenvalue weighted by Crippen LogP contribution is -2.15. The normalized spacial score (nSPS) is 18.9. The van der Waals surface area contributed by atoms with Gasteiger partial charge in [0, 0.05) is 0 Å². The summed E-state index contributed by atoms with van der Waals surface area (Å²) in [5.41, 5.74) is 0.911. The van der Waals surface area contributed by atoms with Crippen LogP contribution in [0.5, 0.6) is 5.75 Å². The second-order valence-electron chi connectivity index (χ2n) is 4.68. The molecule has 4 nitrogen and oxygen atoms in total. The zero-order chi connectivity index (χ0) is 13.8. The van der Waals surface area contributed by atoms with Gasteiger partial charge in [-0.1, -0.05) is 24.6 Å². The van der Waals surface area contributed by atoms with E-state index in [-0.39, 0.29) is 12.0 Å². The number of carboxylic acid groups (broad SMARTS) is 1. The molecule has 104 valence electrons. The Bertz CT molecular complexity index is 457. The first-order valence-electron chi connectivity index (χ1n) is 6.35. The zero-order valence-corrected chi connectivity index (χ0v) is 11.5. The molecule has 0 amide bonds. The molecule has 2 atom stereocenters. The van der Waals surface area contributed by atoms with Crippen molar-refractivity contribution in [3.63, 3.8) is 0 Å². The van der Waals surface area contributed by atoms with E-state index in [2.05, 4.69) is 0 Å². The zero-order valence-electron chi connectivity index (χ0n) is 10.8. The number of epoxide rings is 1. The number of hydrogen-bond acceptors (Lipinski definition) is 3. The highest BCUT2D eigenvalue weighted by Gasteiger charge is 2.23. The molecule has 0 bridgehead atoms. The van der Waals surface area contributed by atoms with Crippen LogP contribution in [0.25, 0.3) is 0 Å². The van der Waals surface area contributed by atoms with Gasteiger partial charge in [-0.15, -0.1) is 0 Å². The first-order valence-corrected chi connectivity index (χ1v) is 6.73. The van der Waals surface area contributed by atoms with Gasteiger partial charge in [0.25, 0.3) is 0 Å². The Labute approximate surface area is 117 Å². The number of hydrogen-bond donors (Lipinski definition) is 1. The maximum Gasteiger partial charge on any atom is 0.306 e. The highest BCUT2D eigenvalue weighted by atomic mass is 35.5. The molecule has 1 aromatic carbocycles. The summed E-state index contributed by atoms with van der Waals surface area (Å²) in [6.07, 6.45) is 1.27. The van der Waals surface area contributed by atoms with Crippen molar-refractivity contribution >= 4 is 17.6 Å². The van der Waals surface area contributed by atoms with Crippen LogP contribution in [0.15, 0.2) is 18.2 Å². The lowest BCUT2D eigenvalue weighted by Gasteiger charge is -2.12. The first kappa shape index (κ1) is 14.2. The van der Waals surface area contributed by atoms with Crippen LogP contribution in [0.4, 0.5) is 0 Å². The molecule has 1 aromatic rings. The predicted molar refractivity (Wildman–Crippen MR) is 71.8 cm³/mol. The van der Waals surface area contributed by atoms with Crippen molar-refractivity contribution < 1.29 is 19.4 Å². The summed E-state index contributed by atoms with van der Waals surface area (Å²) in [5, 5.41) is 9.55. The minimum Gasteiger partial charge on any atom is -0.489 e. The van der Waals surface area contributed by atoms with E-state index in [9.17, 15) is 4.79 Å². The Morgan fingerprint density at radius 1 is 1.63 bits per heavy atom. The molecule has 2 unspecified atom stereocenters. The van der Waals surface area contributed by atoms with Gasteiger partial charge >= 0.3 is 5.97 Å². The Hall–Kier alpha value is -1.26. The Morgan fingerprint density at radius 2 is 2.37 bits per heavy atom. The largest absolute Gasteiger partial charge is 0.489 e. The number of carbonyl (C=O) groups is 1. The van der Waals surface area contributed by atoms with E-state index in [0.29, 0.717) is 30.2 Å². The standard InChI is InChI=1S/C14H17ClO4/c1-2-10(14(16)17)5-9-3-4-13(12(15)6-9)19-8-11-7-18-11/h3-4,6,10-11H,2,5,7-8H2,1H3,(H,16,17). The van der Waals surface area contributed by atoms with Crippen molar-refractivity contribution in [1.82, 2.24) is 0 Å². The topological polar surface area (TPSA) is 59.1 Å². The van der Waals surface area contributed by atoms with Gasteiger partial charge in [-0.25, -0.2) is 0 Å². The molecule has 0 radical (unpaired) electrons. The van der Waals surface area contributed by atoms with E-state index >= 15 is 0 Å². The molecule has 0 aliphatic carbocycles. The molecule has 5 heteroatoms. The van der Waals surface area contributed by atoms with Gasteiger partial charge in [-0.3, -0.25) is 4.79 Å². The minimum absolute atomic E-state index is 0.187. The number of ether oxygens (including phenoxy) is 2. The minimum atomic E-state index is -0.773. The molecular formula is C14H17ClO4. The van der Waals surface area contributed by atoms with Crippen molar-refractivity contribution in [1.29, 1.82) is 0 Å². The third-order valence-corrected chi connectivity index (χ3v) is 3.44. The summed E-state index contributed by atoms with van der Waals surface area (Å²) in [4.78, 5) is 11.0. The fourth-order valence-electron chi connectivity index (χ4n) is 1.83. The molecule has 1 fully saturated rings. The fraction of sp³-hybridized carbons (Fsp3) is 0.500. The smallest absolute Gasteiger partial charge is 0.306 e. The third-order valence-electron chi connectivity index (χ3n) is 3.15. The van der Waals surface area contributed by atoms with Gasteiger partial charge in [-0.05, 0) is 30.5 Å². The fourth-order valence-corrected chi connectivity index (χ4v) is 2.08. The van der Waals surface area contributed by atoms with Crippen LogP contribution < -0.4 is 4.74 Å². The van der Waals surface area contributed by atoms with Gasteiger partial charge in [0.1, 0.15) is 18.5 Å². The van der Waals surface area contributed by atoms with Crippen molar-refractivity contribution in [3.8, 4) is 5.75 Å². The second-order valence-corrected chi connectivity index (χ2v) is 5.09. The van der Waals surface area contributed by atoms with Crippen LogP contribution in [0.1, 0.15) is 18.9 Å². The van der Waals surface area contributed by atoms with Gasteiger partial charge < -0.3 is 14.6 Å². The van der Waals surface area contributed by atoms with Crippen molar-refractivity contribution in [2.75, 3.05) is 13.2 Å². The molecule has 1 aliphatic rings. The third kappa shape index (κ3) is 4.11. The summed E-state index contributed by atoms with van der Waals surface area (Å²) in [7, 11) is 0. The van der Waals surface area contributed by atoms with Crippen LogP contribution in [-0.2, 0) is 16.0 Å². The van der Waals surface area contributed by atoms with Crippen molar-refractivity contribution in [2.45, 2.75) is 25.9 Å². The van der Waals surface area contributed by atoms with E-state index in [0.717, 1.165) is 12.2 Å². The highest BCUT2D eigenvalue weighted by Crippen LogP contribution is 2.27. The molecule has 0 saturated carbocycles. The van der Waals surface area contributed by atoms with Crippen LogP contribution in [0, 0.1) is 5.92 Å². The van der Waals surface area contributed by atoms with Gasteiger partial charge in [0.15, 0.2) is 0 Å². The maximum atomic E-state index is 11.0. The second kappa shape index (κ2) is 6.26. The number of benzene rings is 1. The van der Waals surface area contributed by atoms with Crippen molar-refractivity contribution in [3.05, 3.63) is 28.8 Å². The van der Waals surface area contributed by atoms with Crippen LogP contribution in [-0.4, -0.2) is 30.4 Å². The molecule has 19 heavy (non-hydrogen) atoms. The lowest BCUT2D eigenvalue weighted by atomic mass is 9.97. The van der Waals surface area contributed by atoms with E-state index in [4.69, 9.17) is 26.2 Å². The van der Waals surface area contributed by atoms with Crippen molar-refractivity contribution in [2.24, 2.45) is 5.92 Å². The molecule has 0 aromatic heterocycles. The van der Waals surface area contributed by atoms with Crippen LogP contribution in [0.2, 0.25) is 5.02 Å². The molecule has 0 spiro atoms. The van der Waals surface area contributed by atoms with E-state index < -0.39 is 5.97 Å². The molecule has 1 saturated heterocycles. The monoisotopic (exact) mass is 284 g/mol.